The number of rotatable bonds is 5. The maximum absolute atomic E-state index is 12.0. The first kappa shape index (κ1) is 14.9. The molecule has 0 unspecified atom stereocenters. The Kier molecular flexibility index (Phi) is 4.49. The van der Waals surface area contributed by atoms with Crippen LogP contribution in [0.3, 0.4) is 0 Å². The number of hydrogen-bond donors (Lipinski definition) is 3. The fraction of sp³-hybridized carbons (Fsp3) is 0.143. The number of carboxylic acid groups (broad SMARTS) is 1. The van der Waals surface area contributed by atoms with Crippen LogP contribution in [0.2, 0.25) is 5.15 Å². The molecule has 1 aromatic carbocycles. The second-order valence-corrected chi connectivity index (χ2v) is 4.79. The highest BCUT2D eigenvalue weighted by Crippen LogP contribution is 2.12. The molecule has 2 aromatic rings. The first-order valence-electron chi connectivity index (χ1n) is 6.13. The molecule has 6 nitrogen and oxygen atoms in total. The van der Waals surface area contributed by atoms with Crippen LogP contribution in [-0.2, 0) is 11.2 Å². The molecule has 0 saturated heterocycles. The molecule has 0 aliphatic heterocycles. The van der Waals surface area contributed by atoms with Gasteiger partial charge in [-0.3, -0.25) is 4.79 Å². The van der Waals surface area contributed by atoms with Gasteiger partial charge >= 0.3 is 5.97 Å². The highest BCUT2D eigenvalue weighted by atomic mass is 35.5. The highest BCUT2D eigenvalue weighted by molar-refractivity contribution is 6.29. The van der Waals surface area contributed by atoms with Gasteiger partial charge < -0.3 is 15.6 Å². The van der Waals surface area contributed by atoms with E-state index in [0.717, 1.165) is 5.56 Å². The zero-order valence-electron chi connectivity index (χ0n) is 10.9. The Morgan fingerprint density at radius 1 is 1.19 bits per heavy atom. The SMILES string of the molecule is O=C(N[C@@H](Cc1ccccc1)C(=O)O)c1ccc(Cl)n1O. The summed E-state index contributed by atoms with van der Waals surface area (Å²) < 4.78 is 0.498. The monoisotopic (exact) mass is 308 g/mol. The van der Waals surface area contributed by atoms with E-state index in [2.05, 4.69) is 5.32 Å². The van der Waals surface area contributed by atoms with Crippen molar-refractivity contribution in [3.63, 3.8) is 0 Å². The lowest BCUT2D eigenvalue weighted by Crippen LogP contribution is -2.42. The Labute approximate surface area is 125 Å². The van der Waals surface area contributed by atoms with Crippen molar-refractivity contribution in [3.8, 4) is 0 Å². The lowest BCUT2D eigenvalue weighted by Gasteiger charge is -2.14. The summed E-state index contributed by atoms with van der Waals surface area (Å²) in [6.45, 7) is 0. The Hall–Kier alpha value is -2.47. The van der Waals surface area contributed by atoms with E-state index in [1.165, 1.54) is 12.1 Å². The molecule has 0 saturated carbocycles. The van der Waals surface area contributed by atoms with Crippen molar-refractivity contribution < 1.29 is 19.9 Å². The van der Waals surface area contributed by atoms with Crippen molar-refractivity contribution >= 4 is 23.5 Å². The zero-order valence-corrected chi connectivity index (χ0v) is 11.6. The number of nitrogens with zero attached hydrogens (tertiary/aromatic N) is 1. The van der Waals surface area contributed by atoms with Crippen LogP contribution in [0.4, 0.5) is 0 Å². The van der Waals surface area contributed by atoms with Gasteiger partial charge in [-0.05, 0) is 17.7 Å². The van der Waals surface area contributed by atoms with E-state index in [-0.39, 0.29) is 17.3 Å². The van der Waals surface area contributed by atoms with Gasteiger partial charge in [-0.15, -0.1) is 0 Å². The lowest BCUT2D eigenvalue weighted by atomic mass is 10.1. The number of amides is 1. The highest BCUT2D eigenvalue weighted by Gasteiger charge is 2.23. The van der Waals surface area contributed by atoms with E-state index in [1.54, 1.807) is 24.3 Å². The van der Waals surface area contributed by atoms with Gasteiger partial charge in [-0.1, -0.05) is 41.9 Å². The number of nitrogens with one attached hydrogen (secondary N) is 1. The molecule has 21 heavy (non-hydrogen) atoms. The van der Waals surface area contributed by atoms with Crippen LogP contribution in [0.5, 0.6) is 0 Å². The molecular formula is C14H13ClN2O4. The summed E-state index contributed by atoms with van der Waals surface area (Å²) in [7, 11) is 0. The largest absolute Gasteiger partial charge is 0.480 e. The van der Waals surface area contributed by atoms with Gasteiger partial charge in [0.15, 0.2) is 0 Å². The van der Waals surface area contributed by atoms with E-state index in [1.807, 2.05) is 6.07 Å². The number of hydrogen-bond acceptors (Lipinski definition) is 3. The first-order valence-corrected chi connectivity index (χ1v) is 6.51. The van der Waals surface area contributed by atoms with Crippen LogP contribution in [0.25, 0.3) is 0 Å². The third kappa shape index (κ3) is 3.55. The predicted octanol–water partition coefficient (Wildman–Crippen LogP) is 1.80. The fourth-order valence-electron chi connectivity index (χ4n) is 1.86. The summed E-state index contributed by atoms with van der Waals surface area (Å²) in [5, 5.41) is 21.0. The second-order valence-electron chi connectivity index (χ2n) is 4.41. The first-order chi connectivity index (χ1) is 9.99. The summed E-state index contributed by atoms with van der Waals surface area (Å²) in [5.41, 5.74) is 0.655. The molecule has 1 heterocycles. The maximum atomic E-state index is 12.0. The van der Waals surface area contributed by atoms with Gasteiger partial charge in [0.2, 0.25) is 0 Å². The summed E-state index contributed by atoms with van der Waals surface area (Å²) in [4.78, 5) is 23.2. The van der Waals surface area contributed by atoms with Crippen molar-refractivity contribution in [1.82, 2.24) is 10.0 Å². The Morgan fingerprint density at radius 2 is 1.86 bits per heavy atom. The van der Waals surface area contributed by atoms with Gasteiger partial charge in [0.25, 0.3) is 5.91 Å². The van der Waals surface area contributed by atoms with Crippen LogP contribution in [0.1, 0.15) is 16.1 Å². The van der Waals surface area contributed by atoms with E-state index in [4.69, 9.17) is 11.6 Å². The standard InChI is InChI=1S/C14H13ClN2O4/c15-12-7-6-11(17(12)21)13(18)16-10(14(19)20)8-9-4-2-1-3-5-9/h1-7,10,21H,8H2,(H,16,18)(H,19,20)/t10-/m0/s1. The van der Waals surface area contributed by atoms with Crippen molar-refractivity contribution in [1.29, 1.82) is 0 Å². The van der Waals surface area contributed by atoms with Gasteiger partial charge in [0.1, 0.15) is 16.9 Å². The van der Waals surface area contributed by atoms with E-state index in [9.17, 15) is 19.9 Å². The minimum atomic E-state index is -1.16. The smallest absolute Gasteiger partial charge is 0.326 e. The van der Waals surface area contributed by atoms with Crippen LogP contribution in [0.15, 0.2) is 42.5 Å². The van der Waals surface area contributed by atoms with Crippen molar-refractivity contribution in [2.45, 2.75) is 12.5 Å². The van der Waals surface area contributed by atoms with Gasteiger partial charge in [0.05, 0.1) is 0 Å². The Bertz CT molecular complexity index is 654. The number of carbonyl (C=O) groups is 2. The molecule has 0 radical (unpaired) electrons. The topological polar surface area (TPSA) is 91.6 Å². The second kappa shape index (κ2) is 6.32. The van der Waals surface area contributed by atoms with Gasteiger partial charge in [-0.25, -0.2) is 4.79 Å². The van der Waals surface area contributed by atoms with E-state index >= 15 is 0 Å². The zero-order chi connectivity index (χ0) is 15.4. The van der Waals surface area contributed by atoms with Crippen LogP contribution in [0, 0.1) is 0 Å². The van der Waals surface area contributed by atoms with Crippen molar-refractivity contribution in [2.75, 3.05) is 0 Å². The van der Waals surface area contributed by atoms with Crippen LogP contribution >= 0.6 is 11.6 Å². The normalized spacial score (nSPS) is 11.9. The molecule has 0 aliphatic carbocycles. The molecule has 2 rings (SSSR count). The molecule has 0 aliphatic rings. The molecule has 110 valence electrons. The van der Waals surface area contributed by atoms with Crippen LogP contribution < -0.4 is 5.32 Å². The number of benzene rings is 1. The third-order valence-corrected chi connectivity index (χ3v) is 3.21. The quantitative estimate of drug-likeness (QED) is 0.735. The predicted molar refractivity (Wildman–Crippen MR) is 75.7 cm³/mol. The average molecular weight is 309 g/mol. The van der Waals surface area contributed by atoms with E-state index < -0.39 is 17.9 Å². The molecule has 1 atom stereocenters. The van der Waals surface area contributed by atoms with Crippen molar-refractivity contribution in [3.05, 3.63) is 58.9 Å². The Morgan fingerprint density at radius 3 is 2.38 bits per heavy atom. The molecule has 1 amide bonds. The number of aliphatic carboxylic acids is 1. The average Bonchev–Trinajstić information content (AvgIpc) is 2.79. The minimum absolute atomic E-state index is 0.0323. The maximum Gasteiger partial charge on any atom is 0.326 e. The Balaban J connectivity index is 2.11. The molecule has 3 N–H and O–H groups in total. The minimum Gasteiger partial charge on any atom is -0.480 e. The summed E-state index contributed by atoms with van der Waals surface area (Å²) >= 11 is 5.62. The summed E-state index contributed by atoms with van der Waals surface area (Å²) in [6.07, 6.45) is 0.141. The van der Waals surface area contributed by atoms with E-state index in [0.29, 0.717) is 4.73 Å². The molecular weight excluding hydrogens is 296 g/mol. The number of halogens is 1. The molecule has 0 spiro atoms. The van der Waals surface area contributed by atoms with Gasteiger partial charge in [-0.2, -0.15) is 4.73 Å². The molecule has 7 heteroatoms. The number of carbonyl (C=O) groups excluding carboxylic acids is 1. The third-order valence-electron chi connectivity index (χ3n) is 2.93. The molecule has 0 bridgehead atoms. The number of aromatic nitrogens is 1. The van der Waals surface area contributed by atoms with Gasteiger partial charge in [0, 0.05) is 6.42 Å². The summed E-state index contributed by atoms with van der Waals surface area (Å²) in [6, 6.07) is 10.5. The molecule has 0 fully saturated rings. The number of carboxylic acids is 1. The summed E-state index contributed by atoms with van der Waals surface area (Å²) in [5.74, 6) is -1.87. The van der Waals surface area contributed by atoms with Crippen molar-refractivity contribution in [2.24, 2.45) is 0 Å². The fourth-order valence-corrected chi connectivity index (χ4v) is 2.01. The van der Waals surface area contributed by atoms with Crippen LogP contribution in [-0.4, -0.2) is 33.0 Å². The lowest BCUT2D eigenvalue weighted by molar-refractivity contribution is -0.139. The molecule has 1 aromatic heterocycles.